The van der Waals surface area contributed by atoms with Gasteiger partial charge in [-0.05, 0) is 29.8 Å². The van der Waals surface area contributed by atoms with Crippen LogP contribution in [-0.4, -0.2) is 11.5 Å². The molecule has 3 rings (SSSR count). The van der Waals surface area contributed by atoms with Crippen molar-refractivity contribution in [2.45, 2.75) is 6.04 Å². The third-order valence-electron chi connectivity index (χ3n) is 2.97. The third kappa shape index (κ3) is 2.16. The quantitative estimate of drug-likeness (QED) is 0.831. The summed E-state index contributed by atoms with van der Waals surface area (Å²) in [6, 6.07) is 7.28. The molecule has 96 valence electrons. The van der Waals surface area contributed by atoms with Crippen molar-refractivity contribution in [3.63, 3.8) is 0 Å². The van der Waals surface area contributed by atoms with Crippen molar-refractivity contribution in [2.24, 2.45) is 10.3 Å². The van der Waals surface area contributed by atoms with Crippen LogP contribution in [0.3, 0.4) is 0 Å². The Morgan fingerprint density at radius 1 is 1.05 bits per heavy atom. The summed E-state index contributed by atoms with van der Waals surface area (Å²) in [5.74, 6) is -1.77. The van der Waals surface area contributed by atoms with E-state index in [0.717, 1.165) is 17.7 Å². The predicted octanol–water partition coefficient (Wildman–Crippen LogP) is 3.29. The number of aromatic nitrogens is 1. The molecule has 19 heavy (non-hydrogen) atoms. The van der Waals surface area contributed by atoms with E-state index in [0.29, 0.717) is 12.2 Å². The minimum atomic E-state index is -0.895. The van der Waals surface area contributed by atoms with E-state index in [2.05, 4.69) is 15.3 Å². The Hall–Kier alpha value is -2.37. The number of benzene rings is 1. The summed E-state index contributed by atoms with van der Waals surface area (Å²) in [5.41, 5.74) is 1.45. The number of halogens is 2. The Bertz CT molecular complexity index is 615. The lowest BCUT2D eigenvalue weighted by atomic mass is 10.1. The molecule has 0 spiro atoms. The zero-order chi connectivity index (χ0) is 13.2. The molecular weight excluding hydrogens is 250 g/mol. The normalized spacial score (nSPS) is 18.0. The first-order valence-electron chi connectivity index (χ1n) is 5.77. The number of pyridine rings is 1. The van der Waals surface area contributed by atoms with Gasteiger partial charge >= 0.3 is 0 Å². The molecule has 6 heteroatoms. The Morgan fingerprint density at radius 3 is 2.58 bits per heavy atom. The van der Waals surface area contributed by atoms with Gasteiger partial charge in [-0.15, -0.1) is 0 Å². The van der Waals surface area contributed by atoms with Crippen LogP contribution in [-0.2, 0) is 0 Å². The standard InChI is InChI=1S/C13H10F2N4/c14-11-2-1-10(7-12(11)15)19-13(8-17-18-19)9-3-5-16-6-4-9/h1-7,13H,8H2. The van der Waals surface area contributed by atoms with Gasteiger partial charge in [-0.3, -0.25) is 4.98 Å². The molecule has 0 saturated heterocycles. The van der Waals surface area contributed by atoms with Gasteiger partial charge in [-0.1, -0.05) is 5.22 Å². The Kier molecular flexibility index (Phi) is 2.91. The second kappa shape index (κ2) is 4.72. The first-order valence-corrected chi connectivity index (χ1v) is 5.77. The molecule has 1 aromatic heterocycles. The fraction of sp³-hybridized carbons (Fsp3) is 0.154. The summed E-state index contributed by atoms with van der Waals surface area (Å²) in [6.07, 6.45) is 3.36. The summed E-state index contributed by atoms with van der Waals surface area (Å²) in [5, 5.41) is 9.53. The minimum absolute atomic E-state index is 0.118. The van der Waals surface area contributed by atoms with Gasteiger partial charge in [-0.25, -0.2) is 13.8 Å². The molecule has 0 amide bonds. The highest BCUT2D eigenvalue weighted by molar-refractivity contribution is 5.49. The maximum atomic E-state index is 13.3. The monoisotopic (exact) mass is 260 g/mol. The third-order valence-corrected chi connectivity index (χ3v) is 2.97. The van der Waals surface area contributed by atoms with Crippen molar-refractivity contribution in [3.05, 3.63) is 59.9 Å². The van der Waals surface area contributed by atoms with E-state index in [4.69, 9.17) is 0 Å². The van der Waals surface area contributed by atoms with Crippen molar-refractivity contribution >= 4 is 5.69 Å². The average molecular weight is 260 g/mol. The number of rotatable bonds is 2. The lowest BCUT2D eigenvalue weighted by Crippen LogP contribution is -2.20. The van der Waals surface area contributed by atoms with E-state index in [-0.39, 0.29) is 6.04 Å². The second-order valence-electron chi connectivity index (χ2n) is 4.15. The predicted molar refractivity (Wildman–Crippen MR) is 65.5 cm³/mol. The van der Waals surface area contributed by atoms with Crippen molar-refractivity contribution in [1.82, 2.24) is 4.98 Å². The highest BCUT2D eigenvalue weighted by atomic mass is 19.2. The fourth-order valence-electron chi connectivity index (χ4n) is 2.01. The Morgan fingerprint density at radius 2 is 1.84 bits per heavy atom. The smallest absolute Gasteiger partial charge is 0.160 e. The van der Waals surface area contributed by atoms with Crippen molar-refractivity contribution in [1.29, 1.82) is 0 Å². The van der Waals surface area contributed by atoms with E-state index < -0.39 is 11.6 Å². The molecule has 0 bridgehead atoms. The fourth-order valence-corrected chi connectivity index (χ4v) is 2.01. The molecule has 0 fully saturated rings. The van der Waals surface area contributed by atoms with Crippen LogP contribution in [0.5, 0.6) is 0 Å². The van der Waals surface area contributed by atoms with Gasteiger partial charge in [0.25, 0.3) is 0 Å². The van der Waals surface area contributed by atoms with Crippen LogP contribution in [0.15, 0.2) is 53.1 Å². The molecule has 1 aromatic carbocycles. The van der Waals surface area contributed by atoms with E-state index in [1.807, 2.05) is 12.1 Å². The molecule has 2 heterocycles. The lowest BCUT2D eigenvalue weighted by molar-refractivity contribution is 0.508. The Labute approximate surface area is 108 Å². The molecule has 1 atom stereocenters. The van der Waals surface area contributed by atoms with Crippen LogP contribution in [0, 0.1) is 11.6 Å². The van der Waals surface area contributed by atoms with E-state index in [9.17, 15) is 8.78 Å². The van der Waals surface area contributed by atoms with Gasteiger partial charge in [-0.2, -0.15) is 5.11 Å². The number of hydrogen-bond donors (Lipinski definition) is 0. The largest absolute Gasteiger partial charge is 0.265 e. The molecule has 0 N–H and O–H groups in total. The maximum absolute atomic E-state index is 13.3. The van der Waals surface area contributed by atoms with Crippen LogP contribution in [0.4, 0.5) is 14.5 Å². The summed E-state index contributed by atoms with van der Waals surface area (Å²) in [4.78, 5) is 3.95. The first-order chi connectivity index (χ1) is 9.25. The molecule has 4 nitrogen and oxygen atoms in total. The number of hydrogen-bond acceptors (Lipinski definition) is 4. The van der Waals surface area contributed by atoms with Crippen molar-refractivity contribution < 1.29 is 8.78 Å². The van der Waals surface area contributed by atoms with Gasteiger partial charge in [0.1, 0.15) is 6.04 Å². The molecule has 1 unspecified atom stereocenters. The summed E-state index contributed by atoms with van der Waals surface area (Å²) >= 11 is 0. The molecule has 0 aliphatic carbocycles. The van der Waals surface area contributed by atoms with E-state index >= 15 is 0 Å². The zero-order valence-corrected chi connectivity index (χ0v) is 9.87. The van der Waals surface area contributed by atoms with Gasteiger partial charge < -0.3 is 0 Å². The van der Waals surface area contributed by atoms with Crippen LogP contribution in [0.25, 0.3) is 0 Å². The van der Waals surface area contributed by atoms with Crippen LogP contribution in [0.1, 0.15) is 11.6 Å². The zero-order valence-electron chi connectivity index (χ0n) is 9.87. The topological polar surface area (TPSA) is 40.9 Å². The van der Waals surface area contributed by atoms with E-state index in [1.165, 1.54) is 6.07 Å². The van der Waals surface area contributed by atoms with Crippen molar-refractivity contribution in [2.75, 3.05) is 11.6 Å². The Balaban J connectivity index is 1.95. The molecule has 0 saturated carbocycles. The molecule has 1 aliphatic heterocycles. The summed E-state index contributed by atoms with van der Waals surface area (Å²) < 4.78 is 26.2. The van der Waals surface area contributed by atoms with Crippen molar-refractivity contribution in [3.8, 4) is 0 Å². The van der Waals surface area contributed by atoms with Crippen LogP contribution >= 0.6 is 0 Å². The maximum Gasteiger partial charge on any atom is 0.160 e. The molecular formula is C13H10F2N4. The summed E-state index contributed by atoms with van der Waals surface area (Å²) in [6.45, 7) is 0.475. The lowest BCUT2D eigenvalue weighted by Gasteiger charge is -2.22. The second-order valence-corrected chi connectivity index (χ2v) is 4.15. The van der Waals surface area contributed by atoms with Crippen LogP contribution < -0.4 is 5.01 Å². The molecule has 1 aliphatic rings. The number of nitrogens with zero attached hydrogens (tertiary/aromatic N) is 4. The first kappa shape index (κ1) is 11.7. The number of anilines is 1. The molecule has 2 aromatic rings. The minimum Gasteiger partial charge on any atom is -0.265 e. The van der Waals surface area contributed by atoms with Gasteiger partial charge in [0.2, 0.25) is 0 Å². The van der Waals surface area contributed by atoms with Crippen LogP contribution in [0.2, 0.25) is 0 Å². The highest BCUT2D eigenvalue weighted by Gasteiger charge is 2.26. The summed E-state index contributed by atoms with van der Waals surface area (Å²) in [7, 11) is 0. The average Bonchev–Trinajstić information content (AvgIpc) is 2.92. The van der Waals surface area contributed by atoms with E-state index in [1.54, 1.807) is 17.4 Å². The molecule has 0 radical (unpaired) electrons. The SMILES string of the molecule is Fc1ccc(N2N=NCC2c2ccncc2)cc1F. The van der Waals surface area contributed by atoms with Gasteiger partial charge in [0, 0.05) is 18.5 Å². The van der Waals surface area contributed by atoms with Gasteiger partial charge in [0.15, 0.2) is 11.6 Å². The highest BCUT2D eigenvalue weighted by Crippen LogP contribution is 2.32. The van der Waals surface area contributed by atoms with Gasteiger partial charge in [0.05, 0.1) is 12.2 Å².